The third-order valence-corrected chi connectivity index (χ3v) is 2.25. The van der Waals surface area contributed by atoms with Crippen molar-refractivity contribution >= 4 is 21.8 Å². The van der Waals surface area contributed by atoms with E-state index in [9.17, 15) is 4.79 Å². The summed E-state index contributed by atoms with van der Waals surface area (Å²) in [5.41, 5.74) is 1.70. The molecular weight excluding hydrogens is 246 g/mol. The van der Waals surface area contributed by atoms with Crippen molar-refractivity contribution < 1.29 is 9.21 Å². The minimum atomic E-state index is -0.136. The monoisotopic (exact) mass is 257 g/mol. The van der Waals surface area contributed by atoms with Gasteiger partial charge in [-0.1, -0.05) is 11.6 Å². The standard InChI is InChI=1S/C10H12BrNO2/c1-7(2)3-5-12-10(13)8-4-6-14-9(8)11/h3-4,6H,5H2,1-2H3,(H,12,13). The maximum atomic E-state index is 11.5. The van der Waals surface area contributed by atoms with Gasteiger partial charge < -0.3 is 9.73 Å². The molecular formula is C10H12BrNO2. The molecule has 3 nitrogen and oxygen atoms in total. The molecule has 0 aromatic carbocycles. The molecule has 0 radical (unpaired) electrons. The zero-order valence-electron chi connectivity index (χ0n) is 8.13. The van der Waals surface area contributed by atoms with Gasteiger partial charge in [-0.3, -0.25) is 4.79 Å². The Morgan fingerprint density at radius 3 is 2.86 bits per heavy atom. The minimum Gasteiger partial charge on any atom is -0.457 e. The second-order valence-corrected chi connectivity index (χ2v) is 3.82. The number of halogens is 1. The van der Waals surface area contributed by atoms with Crippen molar-refractivity contribution in [2.45, 2.75) is 13.8 Å². The molecule has 1 N–H and O–H groups in total. The van der Waals surface area contributed by atoms with Crippen LogP contribution in [-0.2, 0) is 0 Å². The second kappa shape index (κ2) is 5.00. The molecule has 0 aliphatic carbocycles. The van der Waals surface area contributed by atoms with Gasteiger partial charge in [-0.15, -0.1) is 0 Å². The molecule has 0 saturated heterocycles. The predicted octanol–water partition coefficient (Wildman–Crippen LogP) is 2.74. The van der Waals surface area contributed by atoms with E-state index in [2.05, 4.69) is 21.2 Å². The predicted molar refractivity (Wildman–Crippen MR) is 58.2 cm³/mol. The molecule has 1 amide bonds. The molecule has 0 saturated carbocycles. The summed E-state index contributed by atoms with van der Waals surface area (Å²) < 4.78 is 5.42. The van der Waals surface area contributed by atoms with Gasteiger partial charge in [0.25, 0.3) is 5.91 Å². The fraction of sp³-hybridized carbons (Fsp3) is 0.300. The van der Waals surface area contributed by atoms with Crippen molar-refractivity contribution in [1.82, 2.24) is 5.32 Å². The Morgan fingerprint density at radius 1 is 1.64 bits per heavy atom. The summed E-state index contributed by atoms with van der Waals surface area (Å²) in [7, 11) is 0. The lowest BCUT2D eigenvalue weighted by Gasteiger charge is -1.99. The van der Waals surface area contributed by atoms with Gasteiger partial charge in [0.1, 0.15) is 0 Å². The Bertz CT molecular complexity index is 351. The van der Waals surface area contributed by atoms with E-state index in [1.54, 1.807) is 6.07 Å². The number of carbonyl (C=O) groups is 1. The van der Waals surface area contributed by atoms with Crippen LogP contribution in [-0.4, -0.2) is 12.5 Å². The summed E-state index contributed by atoms with van der Waals surface area (Å²) in [6.07, 6.45) is 3.42. The molecule has 0 atom stereocenters. The van der Waals surface area contributed by atoms with Crippen LogP contribution < -0.4 is 5.32 Å². The van der Waals surface area contributed by atoms with Gasteiger partial charge in [0.15, 0.2) is 4.67 Å². The average Bonchev–Trinajstić information content (AvgIpc) is 2.50. The molecule has 14 heavy (non-hydrogen) atoms. The third-order valence-electron chi connectivity index (χ3n) is 1.64. The minimum absolute atomic E-state index is 0.136. The first kappa shape index (κ1) is 11.0. The van der Waals surface area contributed by atoms with Crippen LogP contribution in [0.2, 0.25) is 0 Å². The Kier molecular flexibility index (Phi) is 3.95. The van der Waals surface area contributed by atoms with Crippen molar-refractivity contribution in [2.75, 3.05) is 6.54 Å². The fourth-order valence-corrected chi connectivity index (χ4v) is 1.32. The largest absolute Gasteiger partial charge is 0.457 e. The molecule has 0 fully saturated rings. The Balaban J connectivity index is 2.52. The van der Waals surface area contributed by atoms with E-state index in [-0.39, 0.29) is 5.91 Å². The summed E-state index contributed by atoms with van der Waals surface area (Å²) in [4.78, 5) is 11.5. The number of carbonyl (C=O) groups excluding carboxylic acids is 1. The van der Waals surface area contributed by atoms with E-state index in [1.807, 2.05) is 19.9 Å². The molecule has 0 aliphatic rings. The van der Waals surface area contributed by atoms with Crippen molar-refractivity contribution in [3.8, 4) is 0 Å². The molecule has 0 spiro atoms. The van der Waals surface area contributed by atoms with Gasteiger partial charge in [0.05, 0.1) is 11.8 Å². The molecule has 4 heteroatoms. The first-order valence-electron chi connectivity index (χ1n) is 4.26. The molecule has 1 rings (SSSR count). The third kappa shape index (κ3) is 3.03. The zero-order valence-corrected chi connectivity index (χ0v) is 9.72. The number of amides is 1. The summed E-state index contributed by atoms with van der Waals surface area (Å²) in [5.74, 6) is -0.136. The fourth-order valence-electron chi connectivity index (χ4n) is 0.899. The molecule has 0 bridgehead atoms. The van der Waals surface area contributed by atoms with Crippen LogP contribution in [0.25, 0.3) is 0 Å². The summed E-state index contributed by atoms with van der Waals surface area (Å²) in [5, 5.41) is 2.75. The van der Waals surface area contributed by atoms with E-state index in [1.165, 1.54) is 11.8 Å². The van der Waals surface area contributed by atoms with E-state index in [4.69, 9.17) is 4.42 Å². The number of hydrogen-bond acceptors (Lipinski definition) is 2. The van der Waals surface area contributed by atoms with Gasteiger partial charge >= 0.3 is 0 Å². The van der Waals surface area contributed by atoms with E-state index in [0.717, 1.165) is 0 Å². The number of allylic oxidation sites excluding steroid dienone is 1. The van der Waals surface area contributed by atoms with Crippen LogP contribution in [0.5, 0.6) is 0 Å². The van der Waals surface area contributed by atoms with Crippen LogP contribution in [0.4, 0.5) is 0 Å². The summed E-state index contributed by atoms with van der Waals surface area (Å²) in [6.45, 7) is 4.51. The number of furan rings is 1. The van der Waals surface area contributed by atoms with Crippen molar-refractivity contribution in [1.29, 1.82) is 0 Å². The van der Waals surface area contributed by atoms with Crippen LogP contribution in [0, 0.1) is 0 Å². The number of nitrogens with one attached hydrogen (secondary N) is 1. The summed E-state index contributed by atoms with van der Waals surface area (Å²) in [6, 6.07) is 1.63. The van der Waals surface area contributed by atoms with Crippen LogP contribution >= 0.6 is 15.9 Å². The van der Waals surface area contributed by atoms with Gasteiger partial charge in [-0.05, 0) is 35.8 Å². The average molecular weight is 258 g/mol. The normalized spacial score (nSPS) is 9.64. The lowest BCUT2D eigenvalue weighted by atomic mass is 10.3. The van der Waals surface area contributed by atoms with Crippen molar-refractivity contribution in [2.24, 2.45) is 0 Å². The SMILES string of the molecule is CC(C)=CCNC(=O)c1ccoc1Br. The van der Waals surface area contributed by atoms with E-state index < -0.39 is 0 Å². The highest BCUT2D eigenvalue weighted by Gasteiger charge is 2.10. The van der Waals surface area contributed by atoms with Crippen LogP contribution in [0.15, 0.2) is 33.1 Å². The second-order valence-electron chi connectivity index (χ2n) is 3.10. The molecule has 76 valence electrons. The molecule has 0 unspecified atom stereocenters. The summed E-state index contributed by atoms with van der Waals surface area (Å²) >= 11 is 3.14. The first-order valence-corrected chi connectivity index (χ1v) is 5.05. The maximum absolute atomic E-state index is 11.5. The lowest BCUT2D eigenvalue weighted by molar-refractivity contribution is 0.0956. The maximum Gasteiger partial charge on any atom is 0.256 e. The van der Waals surface area contributed by atoms with Gasteiger partial charge in [-0.2, -0.15) is 0 Å². The molecule has 1 aromatic rings. The number of rotatable bonds is 3. The van der Waals surface area contributed by atoms with Crippen LogP contribution in [0.1, 0.15) is 24.2 Å². The number of hydrogen-bond donors (Lipinski definition) is 1. The van der Waals surface area contributed by atoms with E-state index in [0.29, 0.717) is 16.8 Å². The quantitative estimate of drug-likeness (QED) is 0.847. The first-order chi connectivity index (χ1) is 6.61. The van der Waals surface area contributed by atoms with Gasteiger partial charge in [0.2, 0.25) is 0 Å². The Morgan fingerprint density at radius 2 is 2.36 bits per heavy atom. The van der Waals surface area contributed by atoms with Gasteiger partial charge in [-0.25, -0.2) is 0 Å². The highest BCUT2D eigenvalue weighted by Crippen LogP contribution is 2.16. The Labute approximate surface area is 91.3 Å². The van der Waals surface area contributed by atoms with Crippen molar-refractivity contribution in [3.05, 3.63) is 34.2 Å². The van der Waals surface area contributed by atoms with Crippen molar-refractivity contribution in [3.63, 3.8) is 0 Å². The highest BCUT2D eigenvalue weighted by molar-refractivity contribution is 9.10. The lowest BCUT2D eigenvalue weighted by Crippen LogP contribution is -2.23. The highest BCUT2D eigenvalue weighted by atomic mass is 79.9. The molecule has 1 aromatic heterocycles. The smallest absolute Gasteiger partial charge is 0.256 e. The Hall–Kier alpha value is -1.03. The van der Waals surface area contributed by atoms with Crippen LogP contribution in [0.3, 0.4) is 0 Å². The molecule has 0 aliphatic heterocycles. The topological polar surface area (TPSA) is 42.2 Å². The zero-order chi connectivity index (χ0) is 10.6. The van der Waals surface area contributed by atoms with E-state index >= 15 is 0 Å². The van der Waals surface area contributed by atoms with Gasteiger partial charge in [0, 0.05) is 6.54 Å². The molecule has 1 heterocycles.